The number of carbonyl (C=O) groups excluding carboxylic acids is 1. The number of anilines is 1. The van der Waals surface area contributed by atoms with Crippen LogP contribution in [0.15, 0.2) is 12.3 Å². The molecule has 0 amide bonds. The number of nitrogens with one attached hydrogen (secondary N) is 1. The van der Waals surface area contributed by atoms with Crippen LogP contribution in [0.4, 0.5) is 5.69 Å². The van der Waals surface area contributed by atoms with Crippen LogP contribution in [0.2, 0.25) is 25.7 Å². The summed E-state index contributed by atoms with van der Waals surface area (Å²) in [6, 6.07) is 3.59. The summed E-state index contributed by atoms with van der Waals surface area (Å²) in [7, 11) is 0.294. The van der Waals surface area contributed by atoms with Gasteiger partial charge in [-0.1, -0.05) is 26.6 Å². The number of rotatable bonds is 8. The third kappa shape index (κ3) is 5.76. The molecule has 0 aliphatic heterocycles. The van der Waals surface area contributed by atoms with Gasteiger partial charge in [-0.25, -0.2) is 9.78 Å². The molecule has 0 aromatic carbocycles. The summed E-state index contributed by atoms with van der Waals surface area (Å²) in [6.45, 7) is 10.6. The number of hydrogen-bond acceptors (Lipinski definition) is 5. The number of methoxy groups -OCH3 is 1. The van der Waals surface area contributed by atoms with E-state index < -0.39 is 8.07 Å². The van der Waals surface area contributed by atoms with Gasteiger partial charge in [-0.05, 0) is 66.3 Å². The highest BCUT2D eigenvalue weighted by atomic mass is 127. The summed E-state index contributed by atoms with van der Waals surface area (Å²) < 4.78 is 14.1. The number of nitrogens with zero attached hydrogens (tertiary/aromatic N) is 2. The van der Waals surface area contributed by atoms with Crippen molar-refractivity contribution in [2.75, 3.05) is 19.0 Å². The molecule has 2 heterocycles. The Balaban J connectivity index is 1.88. The average Bonchev–Trinajstić information content (AvgIpc) is 3.01. The first kappa shape index (κ1) is 23.5. The molecule has 0 radical (unpaired) electrons. The maximum absolute atomic E-state index is 12.4. The van der Waals surface area contributed by atoms with Crippen LogP contribution < -0.4 is 5.32 Å². The lowest BCUT2D eigenvalue weighted by Crippen LogP contribution is -2.26. The van der Waals surface area contributed by atoms with Gasteiger partial charge < -0.3 is 14.8 Å². The van der Waals surface area contributed by atoms with Crippen molar-refractivity contribution < 1.29 is 14.3 Å². The molecule has 1 saturated carbocycles. The lowest BCUT2D eigenvalue weighted by Gasteiger charge is -2.28. The van der Waals surface area contributed by atoms with Crippen LogP contribution >= 0.6 is 22.6 Å². The van der Waals surface area contributed by atoms with Crippen molar-refractivity contribution in [3.8, 4) is 0 Å². The van der Waals surface area contributed by atoms with Gasteiger partial charge in [0.1, 0.15) is 17.9 Å². The van der Waals surface area contributed by atoms with Crippen LogP contribution in [0.5, 0.6) is 0 Å². The van der Waals surface area contributed by atoms with E-state index in [9.17, 15) is 4.79 Å². The maximum Gasteiger partial charge on any atom is 0.341 e. The van der Waals surface area contributed by atoms with E-state index in [-0.39, 0.29) is 5.97 Å². The van der Waals surface area contributed by atoms with Crippen molar-refractivity contribution in [3.05, 3.63) is 21.5 Å². The molecule has 1 aliphatic carbocycles. The second kappa shape index (κ2) is 9.99. The van der Waals surface area contributed by atoms with Crippen LogP contribution in [-0.4, -0.2) is 43.4 Å². The van der Waals surface area contributed by atoms with E-state index in [0.29, 0.717) is 18.3 Å². The molecule has 166 valence electrons. The van der Waals surface area contributed by atoms with E-state index in [1.807, 2.05) is 0 Å². The van der Waals surface area contributed by atoms with Gasteiger partial charge in [0.2, 0.25) is 0 Å². The smallest absolute Gasteiger partial charge is 0.341 e. The van der Waals surface area contributed by atoms with Crippen molar-refractivity contribution in [2.45, 2.75) is 71.1 Å². The minimum Gasteiger partial charge on any atom is -0.465 e. The maximum atomic E-state index is 12.4. The van der Waals surface area contributed by atoms with Gasteiger partial charge in [0.15, 0.2) is 0 Å². The molecule has 2 aromatic heterocycles. The number of hydrogen-bond donors (Lipinski definition) is 1. The van der Waals surface area contributed by atoms with E-state index in [1.54, 1.807) is 6.20 Å². The normalized spacial score (nSPS) is 19.8. The second-order valence-electron chi connectivity index (χ2n) is 9.62. The Kier molecular flexibility index (Phi) is 7.84. The number of ether oxygens (including phenoxy) is 2. The molecule has 0 unspecified atom stereocenters. The molecule has 3 rings (SSSR count). The minimum absolute atomic E-state index is 0.356. The molecular weight excluding hydrogens is 509 g/mol. The van der Waals surface area contributed by atoms with E-state index in [4.69, 9.17) is 9.47 Å². The van der Waals surface area contributed by atoms with Crippen molar-refractivity contribution in [3.63, 3.8) is 0 Å². The summed E-state index contributed by atoms with van der Waals surface area (Å²) in [6.07, 6.45) is 6.29. The number of fused-ring (bicyclic) bond motifs is 1. The molecular formula is C22H34IN3O3Si. The molecule has 2 aromatic rings. The van der Waals surface area contributed by atoms with Crippen LogP contribution in [0, 0.1) is 9.62 Å². The van der Waals surface area contributed by atoms with Gasteiger partial charge in [0.05, 0.1) is 16.5 Å². The highest BCUT2D eigenvalue weighted by Gasteiger charge is 2.24. The van der Waals surface area contributed by atoms with Gasteiger partial charge in [-0.3, -0.25) is 4.57 Å². The molecule has 0 spiro atoms. The fourth-order valence-electron chi connectivity index (χ4n) is 3.85. The molecule has 0 saturated heterocycles. The Morgan fingerprint density at radius 2 is 2.00 bits per heavy atom. The molecule has 0 bridgehead atoms. The minimum atomic E-state index is -1.12. The lowest BCUT2D eigenvalue weighted by atomic mass is 9.87. The largest absolute Gasteiger partial charge is 0.465 e. The number of halogens is 1. The zero-order chi connectivity index (χ0) is 21.9. The Morgan fingerprint density at radius 3 is 2.63 bits per heavy atom. The van der Waals surface area contributed by atoms with Crippen molar-refractivity contribution in [1.29, 1.82) is 0 Å². The summed E-state index contributed by atoms with van der Waals surface area (Å²) >= 11 is 2.32. The molecule has 1 N–H and O–H groups in total. The van der Waals surface area contributed by atoms with E-state index in [0.717, 1.165) is 51.8 Å². The van der Waals surface area contributed by atoms with E-state index in [2.05, 4.69) is 70.1 Å². The topological polar surface area (TPSA) is 65.4 Å². The SMILES string of the molecule is COC(=O)c1cnc2c(cc(I)n2COCC[Si](C)(C)C)c1NC1CCC(C)CC1. The Bertz CT molecular complexity index is 886. The molecule has 0 atom stereocenters. The molecule has 8 heteroatoms. The van der Waals surface area contributed by atoms with Crippen LogP contribution in [0.1, 0.15) is 43.0 Å². The molecule has 6 nitrogen and oxygen atoms in total. The standard InChI is InChI=1S/C22H34IN3O3Si/c1-15-6-8-16(9-7-15)25-20-17-12-19(23)26(14-29-10-11-30(3,4)5)21(17)24-13-18(20)22(27)28-2/h12-13,15-16H,6-11,14H2,1-5H3,(H,24,25). The quantitative estimate of drug-likeness (QED) is 0.199. The first-order valence-electron chi connectivity index (χ1n) is 10.8. The Hall–Kier alpha value is -1.13. The number of pyridine rings is 1. The first-order valence-corrected chi connectivity index (χ1v) is 15.6. The summed E-state index contributed by atoms with van der Waals surface area (Å²) in [5.74, 6) is 0.418. The van der Waals surface area contributed by atoms with Gasteiger partial charge >= 0.3 is 5.97 Å². The van der Waals surface area contributed by atoms with Crippen molar-refractivity contribution >= 4 is 53.4 Å². The predicted octanol–water partition coefficient (Wildman–Crippen LogP) is 5.73. The highest BCUT2D eigenvalue weighted by molar-refractivity contribution is 14.1. The number of aromatic nitrogens is 2. The fourth-order valence-corrected chi connectivity index (χ4v) is 5.29. The summed E-state index contributed by atoms with van der Waals surface area (Å²) in [5.41, 5.74) is 2.17. The summed E-state index contributed by atoms with van der Waals surface area (Å²) in [4.78, 5) is 17.0. The summed E-state index contributed by atoms with van der Waals surface area (Å²) in [5, 5.41) is 4.62. The Morgan fingerprint density at radius 1 is 1.30 bits per heavy atom. The highest BCUT2D eigenvalue weighted by Crippen LogP contribution is 2.33. The third-order valence-electron chi connectivity index (χ3n) is 5.86. The number of carbonyl (C=O) groups is 1. The van der Waals surface area contributed by atoms with Crippen molar-refractivity contribution in [2.24, 2.45) is 5.92 Å². The molecule has 1 aliphatic rings. The van der Waals surface area contributed by atoms with Gasteiger partial charge in [0, 0.05) is 32.3 Å². The van der Waals surface area contributed by atoms with Crippen LogP contribution in [0.25, 0.3) is 11.0 Å². The molecule has 30 heavy (non-hydrogen) atoms. The van der Waals surface area contributed by atoms with Crippen LogP contribution in [-0.2, 0) is 16.2 Å². The molecule has 1 fully saturated rings. The van der Waals surface area contributed by atoms with Gasteiger partial charge in [-0.2, -0.15) is 0 Å². The Labute approximate surface area is 194 Å². The van der Waals surface area contributed by atoms with E-state index in [1.165, 1.54) is 20.0 Å². The fraction of sp³-hybridized carbons (Fsp3) is 0.636. The average molecular weight is 544 g/mol. The third-order valence-corrected chi connectivity index (χ3v) is 8.46. The lowest BCUT2D eigenvalue weighted by molar-refractivity contribution is 0.0601. The monoisotopic (exact) mass is 543 g/mol. The van der Waals surface area contributed by atoms with Gasteiger partial charge in [-0.15, -0.1) is 0 Å². The van der Waals surface area contributed by atoms with Gasteiger partial charge in [0.25, 0.3) is 0 Å². The van der Waals surface area contributed by atoms with Crippen molar-refractivity contribution in [1.82, 2.24) is 9.55 Å². The second-order valence-corrected chi connectivity index (χ2v) is 16.3. The first-order chi connectivity index (χ1) is 14.2. The zero-order valence-corrected chi connectivity index (χ0v) is 21.9. The predicted molar refractivity (Wildman–Crippen MR) is 133 cm³/mol. The number of esters is 1. The zero-order valence-electron chi connectivity index (χ0n) is 18.8. The van der Waals surface area contributed by atoms with E-state index >= 15 is 0 Å². The van der Waals surface area contributed by atoms with Crippen LogP contribution in [0.3, 0.4) is 0 Å².